The third-order valence-corrected chi connectivity index (χ3v) is 3.24. The van der Waals surface area contributed by atoms with Crippen molar-refractivity contribution in [1.82, 2.24) is 10.7 Å². The Balaban J connectivity index is 1.75. The van der Waals surface area contributed by atoms with Crippen LogP contribution in [-0.2, 0) is 6.42 Å². The van der Waals surface area contributed by atoms with Crippen LogP contribution in [0.25, 0.3) is 0 Å². The molecular weight excluding hydrogens is 312 g/mol. The van der Waals surface area contributed by atoms with Crippen LogP contribution in [0, 0.1) is 10.1 Å². The maximum Gasteiger partial charge on any atom is 0.270 e. The van der Waals surface area contributed by atoms with Gasteiger partial charge in [0.05, 0.1) is 11.1 Å². The lowest BCUT2D eigenvalue weighted by Gasteiger charge is -2.06. The number of nitro benzene ring substituents is 1. The van der Waals surface area contributed by atoms with Crippen LogP contribution >= 0.6 is 12.2 Å². The molecule has 2 aromatic carbocycles. The number of rotatable bonds is 6. The van der Waals surface area contributed by atoms with E-state index in [2.05, 4.69) is 28.0 Å². The Labute approximate surface area is 139 Å². The summed E-state index contributed by atoms with van der Waals surface area (Å²) in [6.07, 6.45) is 2.34. The van der Waals surface area contributed by atoms with Crippen molar-refractivity contribution < 1.29 is 4.92 Å². The van der Waals surface area contributed by atoms with Gasteiger partial charge in [-0.15, -0.1) is 0 Å². The highest BCUT2D eigenvalue weighted by atomic mass is 32.1. The summed E-state index contributed by atoms with van der Waals surface area (Å²) in [5.74, 6) is 0. The Hall–Kier alpha value is -2.80. The molecule has 0 aromatic heterocycles. The van der Waals surface area contributed by atoms with Gasteiger partial charge in [0.15, 0.2) is 5.11 Å². The Morgan fingerprint density at radius 3 is 2.74 bits per heavy atom. The highest BCUT2D eigenvalue weighted by Crippen LogP contribution is 2.11. The Morgan fingerprint density at radius 1 is 1.22 bits per heavy atom. The summed E-state index contributed by atoms with van der Waals surface area (Å²) < 4.78 is 0. The fraction of sp³-hybridized carbons (Fsp3) is 0.125. The SMILES string of the molecule is O=[N+]([O-])c1cccc(/C=N/NC(=S)NCCc2ccccc2)c1. The average molecular weight is 328 g/mol. The lowest BCUT2D eigenvalue weighted by atomic mass is 10.1. The molecule has 0 aliphatic carbocycles. The van der Waals surface area contributed by atoms with Gasteiger partial charge in [-0.3, -0.25) is 15.5 Å². The molecule has 0 unspecified atom stereocenters. The van der Waals surface area contributed by atoms with Crippen LogP contribution in [0.1, 0.15) is 11.1 Å². The monoisotopic (exact) mass is 328 g/mol. The predicted octanol–water partition coefficient (Wildman–Crippen LogP) is 2.64. The van der Waals surface area contributed by atoms with E-state index in [1.165, 1.54) is 23.9 Å². The lowest BCUT2D eigenvalue weighted by Crippen LogP contribution is -2.33. The quantitative estimate of drug-likeness (QED) is 0.369. The lowest BCUT2D eigenvalue weighted by molar-refractivity contribution is -0.384. The van der Waals surface area contributed by atoms with Crippen molar-refractivity contribution in [3.8, 4) is 0 Å². The number of hydrazone groups is 1. The molecule has 0 saturated heterocycles. The highest BCUT2D eigenvalue weighted by molar-refractivity contribution is 7.80. The molecule has 2 aromatic rings. The van der Waals surface area contributed by atoms with E-state index in [9.17, 15) is 10.1 Å². The van der Waals surface area contributed by atoms with Crippen molar-refractivity contribution in [2.24, 2.45) is 5.10 Å². The van der Waals surface area contributed by atoms with Crippen LogP contribution in [0.5, 0.6) is 0 Å². The molecule has 0 saturated carbocycles. The number of nitrogens with one attached hydrogen (secondary N) is 2. The predicted molar refractivity (Wildman–Crippen MR) is 94.6 cm³/mol. The van der Waals surface area contributed by atoms with E-state index < -0.39 is 4.92 Å². The molecule has 7 heteroatoms. The average Bonchev–Trinajstić information content (AvgIpc) is 2.56. The van der Waals surface area contributed by atoms with E-state index in [-0.39, 0.29) is 5.69 Å². The third kappa shape index (κ3) is 5.84. The summed E-state index contributed by atoms with van der Waals surface area (Å²) in [5, 5.41) is 18.1. The van der Waals surface area contributed by atoms with E-state index >= 15 is 0 Å². The van der Waals surface area contributed by atoms with Crippen LogP contribution in [0.3, 0.4) is 0 Å². The molecule has 0 atom stereocenters. The largest absolute Gasteiger partial charge is 0.361 e. The second-order valence-corrected chi connectivity index (χ2v) is 5.12. The molecule has 23 heavy (non-hydrogen) atoms. The second-order valence-electron chi connectivity index (χ2n) is 4.71. The molecule has 0 bridgehead atoms. The van der Waals surface area contributed by atoms with Gasteiger partial charge in [-0.1, -0.05) is 42.5 Å². The number of nitrogens with zero attached hydrogens (tertiary/aromatic N) is 2. The zero-order chi connectivity index (χ0) is 16.5. The maximum atomic E-state index is 10.7. The van der Waals surface area contributed by atoms with Gasteiger partial charge >= 0.3 is 0 Å². The number of nitro groups is 1. The molecule has 6 nitrogen and oxygen atoms in total. The molecule has 2 N–H and O–H groups in total. The fourth-order valence-electron chi connectivity index (χ4n) is 1.89. The number of hydrogen-bond donors (Lipinski definition) is 2. The van der Waals surface area contributed by atoms with Gasteiger partial charge in [0, 0.05) is 24.2 Å². The van der Waals surface area contributed by atoms with Gasteiger partial charge in [0.2, 0.25) is 0 Å². The molecule has 0 fully saturated rings. The number of non-ortho nitro benzene ring substituents is 1. The van der Waals surface area contributed by atoms with Crippen LogP contribution in [0.4, 0.5) is 5.69 Å². The summed E-state index contributed by atoms with van der Waals surface area (Å²) in [5.41, 5.74) is 4.56. The number of benzene rings is 2. The molecule has 2 rings (SSSR count). The van der Waals surface area contributed by atoms with Gasteiger partial charge in [-0.2, -0.15) is 5.10 Å². The standard InChI is InChI=1S/C16H16N4O2S/c21-20(22)15-8-4-7-14(11-15)12-18-19-16(23)17-10-9-13-5-2-1-3-6-13/h1-8,11-12H,9-10H2,(H2,17,19,23)/b18-12+. The zero-order valence-electron chi connectivity index (χ0n) is 12.3. The molecule has 118 valence electrons. The van der Waals surface area contributed by atoms with Crippen molar-refractivity contribution >= 4 is 29.2 Å². The molecule has 0 radical (unpaired) electrons. The highest BCUT2D eigenvalue weighted by Gasteiger charge is 2.03. The second kappa shape index (κ2) is 8.60. The summed E-state index contributed by atoms with van der Waals surface area (Å²) in [6, 6.07) is 16.3. The first-order chi connectivity index (χ1) is 11.1. The molecule has 0 aliphatic rings. The summed E-state index contributed by atoms with van der Waals surface area (Å²) in [6.45, 7) is 0.697. The van der Waals surface area contributed by atoms with E-state index in [4.69, 9.17) is 12.2 Å². The van der Waals surface area contributed by atoms with E-state index in [1.807, 2.05) is 18.2 Å². The smallest absolute Gasteiger partial charge is 0.270 e. The first kappa shape index (κ1) is 16.6. The molecular formula is C16H16N4O2S. The van der Waals surface area contributed by atoms with Crippen molar-refractivity contribution in [3.63, 3.8) is 0 Å². The van der Waals surface area contributed by atoms with Crippen LogP contribution in [-0.4, -0.2) is 22.8 Å². The molecule has 0 aliphatic heterocycles. The maximum absolute atomic E-state index is 10.7. The third-order valence-electron chi connectivity index (χ3n) is 3.00. The van der Waals surface area contributed by atoms with Crippen molar-refractivity contribution in [2.45, 2.75) is 6.42 Å². The Morgan fingerprint density at radius 2 is 2.00 bits per heavy atom. The van der Waals surface area contributed by atoms with E-state index in [1.54, 1.807) is 12.1 Å². The van der Waals surface area contributed by atoms with Crippen molar-refractivity contribution in [2.75, 3.05) is 6.54 Å². The van der Waals surface area contributed by atoms with Gasteiger partial charge in [0.25, 0.3) is 5.69 Å². The molecule has 0 heterocycles. The van der Waals surface area contributed by atoms with Crippen molar-refractivity contribution in [1.29, 1.82) is 0 Å². The van der Waals surface area contributed by atoms with Gasteiger partial charge < -0.3 is 5.32 Å². The Kier molecular flexibility index (Phi) is 6.19. The zero-order valence-corrected chi connectivity index (χ0v) is 13.1. The van der Waals surface area contributed by atoms with Crippen LogP contribution in [0.2, 0.25) is 0 Å². The minimum atomic E-state index is -0.444. The van der Waals surface area contributed by atoms with E-state index in [0.717, 1.165) is 6.42 Å². The molecule has 0 spiro atoms. The number of thiocarbonyl (C=S) groups is 1. The topological polar surface area (TPSA) is 79.6 Å². The van der Waals surface area contributed by atoms with Crippen LogP contribution < -0.4 is 10.7 Å². The molecule has 0 amide bonds. The van der Waals surface area contributed by atoms with E-state index in [0.29, 0.717) is 17.2 Å². The number of hydrogen-bond acceptors (Lipinski definition) is 4. The van der Waals surface area contributed by atoms with Gasteiger partial charge in [0.1, 0.15) is 0 Å². The van der Waals surface area contributed by atoms with Gasteiger partial charge in [-0.05, 0) is 24.2 Å². The Bertz CT molecular complexity index is 704. The summed E-state index contributed by atoms with van der Waals surface area (Å²) >= 11 is 5.11. The first-order valence-electron chi connectivity index (χ1n) is 7.00. The van der Waals surface area contributed by atoms with Gasteiger partial charge in [-0.25, -0.2) is 0 Å². The normalized spacial score (nSPS) is 10.4. The van der Waals surface area contributed by atoms with Crippen LogP contribution in [0.15, 0.2) is 59.7 Å². The minimum Gasteiger partial charge on any atom is -0.361 e. The van der Waals surface area contributed by atoms with Crippen molar-refractivity contribution in [3.05, 3.63) is 75.8 Å². The minimum absolute atomic E-state index is 0.0255. The fourth-order valence-corrected chi connectivity index (χ4v) is 2.04. The summed E-state index contributed by atoms with van der Waals surface area (Å²) in [4.78, 5) is 10.2. The first-order valence-corrected chi connectivity index (χ1v) is 7.41. The summed E-state index contributed by atoms with van der Waals surface area (Å²) in [7, 11) is 0.